The molecule has 0 spiro atoms. The molecule has 0 saturated carbocycles. The van der Waals surface area contributed by atoms with Crippen LogP contribution in [-0.4, -0.2) is 31.1 Å². The number of rotatable bonds is 4. The summed E-state index contributed by atoms with van der Waals surface area (Å²) in [5.41, 5.74) is 6.48. The Morgan fingerprint density at radius 2 is 2.00 bits per heavy atom. The minimum atomic E-state index is 0.739. The van der Waals surface area contributed by atoms with Crippen molar-refractivity contribution in [1.82, 2.24) is 4.90 Å². The van der Waals surface area contributed by atoms with Crippen molar-refractivity contribution in [2.75, 3.05) is 32.0 Å². The Labute approximate surface area is 110 Å². The van der Waals surface area contributed by atoms with Gasteiger partial charge in [0.25, 0.3) is 0 Å². The first-order valence-corrected chi connectivity index (χ1v) is 6.84. The van der Waals surface area contributed by atoms with Gasteiger partial charge in [-0.15, -0.1) is 0 Å². The molecule has 0 aromatic heterocycles. The van der Waals surface area contributed by atoms with Crippen LogP contribution in [0, 0.1) is 11.8 Å². The first kappa shape index (κ1) is 13.2. The molecule has 0 bridgehead atoms. The molecule has 1 fully saturated rings. The van der Waals surface area contributed by atoms with Gasteiger partial charge in [0.05, 0.1) is 0 Å². The van der Waals surface area contributed by atoms with Crippen molar-refractivity contribution >= 4 is 5.69 Å². The van der Waals surface area contributed by atoms with Crippen LogP contribution in [0.25, 0.3) is 0 Å². The molecule has 2 rings (SSSR count). The van der Waals surface area contributed by atoms with E-state index in [0.29, 0.717) is 0 Å². The molecule has 1 heterocycles. The number of nitrogen functional groups attached to an aromatic ring is 1. The lowest BCUT2D eigenvalue weighted by molar-refractivity contribution is 0.120. The number of hydrogen-bond donors (Lipinski definition) is 1. The number of nitrogens with two attached hydrogens (primary N) is 1. The van der Waals surface area contributed by atoms with E-state index in [9.17, 15) is 0 Å². The monoisotopic (exact) mass is 248 g/mol. The van der Waals surface area contributed by atoms with E-state index in [1.807, 2.05) is 24.3 Å². The summed E-state index contributed by atoms with van der Waals surface area (Å²) in [6.07, 6.45) is 1.35. The molecule has 2 N–H and O–H groups in total. The average molecular weight is 248 g/mol. The number of piperidine rings is 1. The van der Waals surface area contributed by atoms with E-state index in [1.165, 1.54) is 19.5 Å². The number of hydrogen-bond acceptors (Lipinski definition) is 3. The average Bonchev–Trinajstić information content (AvgIpc) is 2.27. The fraction of sp³-hybridized carbons (Fsp3) is 0.600. The lowest BCUT2D eigenvalue weighted by atomic mass is 9.92. The molecular formula is C15H24N2O. The predicted molar refractivity (Wildman–Crippen MR) is 75.7 cm³/mol. The Balaban J connectivity index is 1.75. The first-order valence-electron chi connectivity index (χ1n) is 6.84. The third kappa shape index (κ3) is 3.91. The molecule has 2 atom stereocenters. The second-order valence-corrected chi connectivity index (χ2v) is 5.63. The van der Waals surface area contributed by atoms with Crippen LogP contribution in [0.3, 0.4) is 0 Å². The lowest BCUT2D eigenvalue weighted by Gasteiger charge is -2.34. The normalized spacial score (nSPS) is 25.0. The molecule has 100 valence electrons. The molecule has 1 aliphatic heterocycles. The fourth-order valence-electron chi connectivity index (χ4n) is 2.87. The van der Waals surface area contributed by atoms with E-state index in [2.05, 4.69) is 18.7 Å². The maximum absolute atomic E-state index is 5.74. The quantitative estimate of drug-likeness (QED) is 0.832. The van der Waals surface area contributed by atoms with Gasteiger partial charge in [-0.25, -0.2) is 0 Å². The van der Waals surface area contributed by atoms with Crippen molar-refractivity contribution in [2.45, 2.75) is 20.3 Å². The van der Waals surface area contributed by atoms with Gasteiger partial charge < -0.3 is 10.5 Å². The predicted octanol–water partition coefficient (Wildman–Crippen LogP) is 2.63. The highest BCUT2D eigenvalue weighted by Gasteiger charge is 2.21. The van der Waals surface area contributed by atoms with Crippen molar-refractivity contribution in [2.24, 2.45) is 11.8 Å². The Morgan fingerprint density at radius 1 is 1.28 bits per heavy atom. The van der Waals surface area contributed by atoms with E-state index in [0.717, 1.165) is 36.4 Å². The van der Waals surface area contributed by atoms with Gasteiger partial charge in [0, 0.05) is 31.4 Å². The summed E-state index contributed by atoms with van der Waals surface area (Å²) in [5, 5.41) is 0. The molecule has 1 aromatic carbocycles. The summed E-state index contributed by atoms with van der Waals surface area (Å²) in [4.78, 5) is 2.51. The highest BCUT2D eigenvalue weighted by Crippen LogP contribution is 2.20. The van der Waals surface area contributed by atoms with Crippen molar-refractivity contribution in [3.8, 4) is 5.75 Å². The van der Waals surface area contributed by atoms with E-state index >= 15 is 0 Å². The van der Waals surface area contributed by atoms with Crippen LogP contribution in [0.1, 0.15) is 20.3 Å². The molecule has 1 aromatic rings. The summed E-state index contributed by atoms with van der Waals surface area (Å²) < 4.78 is 5.74. The molecule has 3 nitrogen and oxygen atoms in total. The summed E-state index contributed by atoms with van der Waals surface area (Å²) in [7, 11) is 0. The first-order chi connectivity index (χ1) is 8.63. The molecule has 0 aliphatic carbocycles. The van der Waals surface area contributed by atoms with Crippen LogP contribution in [-0.2, 0) is 0 Å². The van der Waals surface area contributed by atoms with Crippen molar-refractivity contribution in [1.29, 1.82) is 0 Å². The Morgan fingerprint density at radius 3 is 2.67 bits per heavy atom. The van der Waals surface area contributed by atoms with Gasteiger partial charge in [-0.1, -0.05) is 19.9 Å². The van der Waals surface area contributed by atoms with Gasteiger partial charge in [-0.3, -0.25) is 4.90 Å². The zero-order valence-electron chi connectivity index (χ0n) is 11.4. The van der Waals surface area contributed by atoms with E-state index < -0.39 is 0 Å². The third-order valence-corrected chi connectivity index (χ3v) is 3.48. The summed E-state index contributed by atoms with van der Waals surface area (Å²) >= 11 is 0. The van der Waals surface area contributed by atoms with Crippen LogP contribution in [0.15, 0.2) is 24.3 Å². The fourth-order valence-corrected chi connectivity index (χ4v) is 2.87. The largest absolute Gasteiger partial charge is 0.492 e. The second-order valence-electron chi connectivity index (χ2n) is 5.63. The third-order valence-electron chi connectivity index (χ3n) is 3.48. The number of anilines is 1. The van der Waals surface area contributed by atoms with Gasteiger partial charge in [0.2, 0.25) is 0 Å². The Kier molecular flexibility index (Phi) is 4.48. The highest BCUT2D eigenvalue weighted by molar-refractivity contribution is 5.43. The van der Waals surface area contributed by atoms with Crippen molar-refractivity contribution in [3.63, 3.8) is 0 Å². The molecule has 0 radical (unpaired) electrons. The minimum Gasteiger partial charge on any atom is -0.492 e. The van der Waals surface area contributed by atoms with Crippen molar-refractivity contribution < 1.29 is 4.74 Å². The SMILES string of the molecule is CC1CC(C)CN(CCOc2cccc(N)c2)C1. The van der Waals surface area contributed by atoms with Gasteiger partial charge in [0.1, 0.15) is 12.4 Å². The van der Waals surface area contributed by atoms with Gasteiger partial charge in [-0.05, 0) is 30.4 Å². The van der Waals surface area contributed by atoms with Crippen LogP contribution in [0.5, 0.6) is 5.75 Å². The van der Waals surface area contributed by atoms with Gasteiger partial charge in [0.15, 0.2) is 0 Å². The van der Waals surface area contributed by atoms with Crippen LogP contribution >= 0.6 is 0 Å². The van der Waals surface area contributed by atoms with E-state index in [1.54, 1.807) is 0 Å². The molecular weight excluding hydrogens is 224 g/mol. The second kappa shape index (κ2) is 6.10. The number of ether oxygens (including phenoxy) is 1. The van der Waals surface area contributed by atoms with Crippen LogP contribution < -0.4 is 10.5 Å². The highest BCUT2D eigenvalue weighted by atomic mass is 16.5. The van der Waals surface area contributed by atoms with E-state index in [-0.39, 0.29) is 0 Å². The maximum atomic E-state index is 5.74. The number of likely N-dealkylation sites (tertiary alicyclic amines) is 1. The molecule has 18 heavy (non-hydrogen) atoms. The minimum absolute atomic E-state index is 0.739. The topological polar surface area (TPSA) is 38.5 Å². The Hall–Kier alpha value is -1.22. The summed E-state index contributed by atoms with van der Waals surface area (Å²) in [6, 6.07) is 7.63. The molecule has 0 amide bonds. The summed E-state index contributed by atoms with van der Waals surface area (Å²) in [5.74, 6) is 2.48. The van der Waals surface area contributed by atoms with Crippen LogP contribution in [0.2, 0.25) is 0 Å². The molecule has 3 heteroatoms. The zero-order chi connectivity index (χ0) is 13.0. The molecule has 1 saturated heterocycles. The molecule has 1 aliphatic rings. The standard InChI is InChI=1S/C15H24N2O/c1-12-8-13(2)11-17(10-12)6-7-18-15-5-3-4-14(16)9-15/h3-5,9,12-13H,6-8,10-11,16H2,1-2H3. The smallest absolute Gasteiger partial charge is 0.121 e. The molecule has 2 unspecified atom stereocenters. The van der Waals surface area contributed by atoms with Crippen LogP contribution in [0.4, 0.5) is 5.69 Å². The number of nitrogens with zero attached hydrogens (tertiary/aromatic N) is 1. The maximum Gasteiger partial charge on any atom is 0.121 e. The van der Waals surface area contributed by atoms with Gasteiger partial charge >= 0.3 is 0 Å². The van der Waals surface area contributed by atoms with E-state index in [4.69, 9.17) is 10.5 Å². The lowest BCUT2D eigenvalue weighted by Crippen LogP contribution is -2.40. The Bertz CT molecular complexity index is 371. The summed E-state index contributed by atoms with van der Waals surface area (Å²) in [6.45, 7) is 8.81. The zero-order valence-corrected chi connectivity index (χ0v) is 11.4. The number of benzene rings is 1. The van der Waals surface area contributed by atoms with Gasteiger partial charge in [-0.2, -0.15) is 0 Å². The van der Waals surface area contributed by atoms with Crippen molar-refractivity contribution in [3.05, 3.63) is 24.3 Å².